The number of benzene rings is 2. The maximum Gasteiger partial charge on any atom is 0.335 e. The molecule has 2 aromatic carbocycles. The molecule has 28 heavy (non-hydrogen) atoms. The molecule has 0 radical (unpaired) electrons. The summed E-state index contributed by atoms with van der Waals surface area (Å²) >= 11 is 0. The highest BCUT2D eigenvalue weighted by Gasteiger charge is 2.40. The van der Waals surface area contributed by atoms with Crippen LogP contribution in [0.15, 0.2) is 53.5 Å². The number of barbiturate groups is 1. The number of rotatable bonds is 6. The van der Waals surface area contributed by atoms with E-state index < -0.39 is 23.8 Å². The van der Waals surface area contributed by atoms with Crippen molar-refractivity contribution in [3.05, 3.63) is 54.1 Å². The van der Waals surface area contributed by atoms with Gasteiger partial charge in [-0.3, -0.25) is 19.9 Å². The number of methoxy groups -OCH3 is 2. The number of anilines is 1. The fourth-order valence-electron chi connectivity index (χ4n) is 2.79. The van der Waals surface area contributed by atoms with Crippen LogP contribution in [0.1, 0.15) is 5.56 Å². The molecule has 8 heteroatoms. The first kappa shape index (κ1) is 19.1. The highest BCUT2D eigenvalue weighted by molar-refractivity contribution is 6.32. The second kappa shape index (κ2) is 8.34. The zero-order valence-electron chi connectivity index (χ0n) is 15.4. The number of imide groups is 2. The van der Waals surface area contributed by atoms with Gasteiger partial charge in [-0.1, -0.05) is 18.2 Å². The minimum Gasteiger partial charge on any atom is -0.497 e. The van der Waals surface area contributed by atoms with E-state index in [9.17, 15) is 14.4 Å². The number of carbonyl (C=O) groups excluding carboxylic acids is 3. The van der Waals surface area contributed by atoms with Crippen LogP contribution in [0.25, 0.3) is 0 Å². The zero-order chi connectivity index (χ0) is 20.1. The molecule has 0 spiro atoms. The Bertz CT molecular complexity index is 924. The lowest BCUT2D eigenvalue weighted by Gasteiger charge is -2.28. The predicted molar refractivity (Wildman–Crippen MR) is 103 cm³/mol. The Morgan fingerprint density at radius 2 is 1.75 bits per heavy atom. The molecule has 2 aromatic rings. The molecule has 3 rings (SSSR count). The van der Waals surface area contributed by atoms with Crippen molar-refractivity contribution in [3.8, 4) is 11.5 Å². The average Bonchev–Trinajstić information content (AvgIpc) is 2.71. The molecule has 0 aliphatic carbocycles. The molecule has 0 unspecified atom stereocenters. The van der Waals surface area contributed by atoms with E-state index in [0.29, 0.717) is 17.2 Å². The summed E-state index contributed by atoms with van der Waals surface area (Å²) in [5, 5.41) is 2.19. The van der Waals surface area contributed by atoms with E-state index in [-0.39, 0.29) is 6.54 Å². The topological polar surface area (TPSA) is 97.3 Å². The second-order valence-corrected chi connectivity index (χ2v) is 5.95. The Kier molecular flexibility index (Phi) is 5.69. The number of nitrogens with one attached hydrogen (secondary N) is 1. The van der Waals surface area contributed by atoms with Crippen LogP contribution < -0.4 is 19.7 Å². The van der Waals surface area contributed by atoms with Crippen LogP contribution in [0, 0.1) is 5.92 Å². The van der Waals surface area contributed by atoms with E-state index >= 15 is 0 Å². The van der Waals surface area contributed by atoms with Gasteiger partial charge in [0.2, 0.25) is 5.91 Å². The van der Waals surface area contributed by atoms with Gasteiger partial charge < -0.3 is 9.47 Å². The third-order valence-corrected chi connectivity index (χ3v) is 4.24. The van der Waals surface area contributed by atoms with E-state index in [2.05, 4.69) is 10.3 Å². The zero-order valence-corrected chi connectivity index (χ0v) is 15.4. The van der Waals surface area contributed by atoms with E-state index in [1.54, 1.807) is 37.4 Å². The summed E-state index contributed by atoms with van der Waals surface area (Å²) in [5.41, 5.74) is 1.15. The van der Waals surface area contributed by atoms with E-state index in [1.807, 2.05) is 18.2 Å². The van der Waals surface area contributed by atoms with Gasteiger partial charge in [-0.2, -0.15) is 0 Å². The molecule has 4 amide bonds. The molecule has 0 bridgehead atoms. The van der Waals surface area contributed by atoms with Gasteiger partial charge in [-0.15, -0.1) is 0 Å². The molecule has 1 aliphatic heterocycles. The Hall–Kier alpha value is -3.68. The molecular formula is C20H19N3O5. The van der Waals surface area contributed by atoms with Crippen molar-refractivity contribution >= 4 is 29.7 Å². The fourth-order valence-corrected chi connectivity index (χ4v) is 2.79. The first-order chi connectivity index (χ1) is 13.5. The molecule has 8 nitrogen and oxygen atoms in total. The lowest BCUT2D eigenvalue weighted by atomic mass is 10.1. The molecule has 1 aliphatic rings. The molecule has 1 N–H and O–H groups in total. The number of hydrogen-bond acceptors (Lipinski definition) is 6. The monoisotopic (exact) mass is 381 g/mol. The van der Waals surface area contributed by atoms with E-state index in [1.165, 1.54) is 13.3 Å². The van der Waals surface area contributed by atoms with Crippen molar-refractivity contribution in [1.82, 2.24) is 5.32 Å². The summed E-state index contributed by atoms with van der Waals surface area (Å²) in [7, 11) is 3.07. The van der Waals surface area contributed by atoms with E-state index in [0.717, 1.165) is 10.5 Å². The third-order valence-electron chi connectivity index (χ3n) is 4.24. The molecule has 0 aromatic heterocycles. The largest absolute Gasteiger partial charge is 0.497 e. The number of hydrogen-bond donors (Lipinski definition) is 1. The van der Waals surface area contributed by atoms with Crippen molar-refractivity contribution < 1.29 is 23.9 Å². The second-order valence-electron chi connectivity index (χ2n) is 5.95. The number of nitrogens with zero attached hydrogens (tertiary/aromatic N) is 2. The third kappa shape index (κ3) is 3.85. The molecular weight excluding hydrogens is 362 g/mol. The van der Waals surface area contributed by atoms with Crippen LogP contribution >= 0.6 is 0 Å². The van der Waals surface area contributed by atoms with Gasteiger partial charge in [-0.05, 0) is 30.3 Å². The predicted octanol–water partition coefficient (Wildman–Crippen LogP) is 2.17. The maximum atomic E-state index is 12.8. The smallest absolute Gasteiger partial charge is 0.335 e. The van der Waals surface area contributed by atoms with Gasteiger partial charge in [0.15, 0.2) is 5.92 Å². The summed E-state index contributed by atoms with van der Waals surface area (Å²) in [6.07, 6.45) is 1.26. The van der Waals surface area contributed by atoms with Crippen molar-refractivity contribution in [2.45, 2.75) is 6.54 Å². The average molecular weight is 381 g/mol. The number of carbonyl (C=O) groups is 3. The summed E-state index contributed by atoms with van der Waals surface area (Å²) in [5.74, 6) is -1.32. The minimum atomic E-state index is -1.20. The number of urea groups is 1. The van der Waals surface area contributed by atoms with Gasteiger partial charge in [0, 0.05) is 11.8 Å². The molecule has 1 fully saturated rings. The van der Waals surface area contributed by atoms with Gasteiger partial charge in [0.05, 0.1) is 26.5 Å². The standard InChI is InChI=1S/C20H19N3O5/c1-27-15-9-7-14(8-10-15)23-19(25)16(18(24)22-20(23)26)12-21-11-13-5-3-4-6-17(13)28-2/h3-10,12,16H,11H2,1-2H3,(H,22,24,26)/t16-/m0/s1. The number of aliphatic imine (C=N–C) groups is 1. The molecule has 144 valence electrons. The van der Waals surface area contributed by atoms with Crippen molar-refractivity contribution in [2.24, 2.45) is 10.9 Å². The highest BCUT2D eigenvalue weighted by Crippen LogP contribution is 2.23. The Balaban J connectivity index is 1.79. The lowest BCUT2D eigenvalue weighted by molar-refractivity contribution is -0.131. The Morgan fingerprint density at radius 3 is 2.43 bits per heavy atom. The molecule has 1 heterocycles. The summed E-state index contributed by atoms with van der Waals surface area (Å²) in [6.45, 7) is 0.234. The van der Waals surface area contributed by atoms with Crippen LogP contribution in [-0.2, 0) is 16.1 Å². The molecule has 0 saturated carbocycles. The van der Waals surface area contributed by atoms with Crippen molar-refractivity contribution in [1.29, 1.82) is 0 Å². The molecule has 1 atom stereocenters. The van der Waals surface area contributed by atoms with E-state index in [4.69, 9.17) is 9.47 Å². The number of para-hydroxylation sites is 1. The van der Waals surface area contributed by atoms with Crippen LogP contribution in [0.3, 0.4) is 0 Å². The fraction of sp³-hybridized carbons (Fsp3) is 0.200. The first-order valence-corrected chi connectivity index (χ1v) is 8.50. The van der Waals surface area contributed by atoms with Gasteiger partial charge >= 0.3 is 6.03 Å². The van der Waals surface area contributed by atoms with Crippen LogP contribution in [0.5, 0.6) is 11.5 Å². The van der Waals surface area contributed by atoms with Crippen molar-refractivity contribution in [3.63, 3.8) is 0 Å². The SMILES string of the molecule is COc1ccc(N2C(=O)NC(=O)[C@H](C=NCc3ccccc3OC)C2=O)cc1. The summed E-state index contributed by atoms with van der Waals surface area (Å²) in [4.78, 5) is 42.2. The van der Waals surface area contributed by atoms with Crippen molar-refractivity contribution in [2.75, 3.05) is 19.1 Å². The lowest BCUT2D eigenvalue weighted by Crippen LogP contribution is -2.58. The maximum absolute atomic E-state index is 12.8. The highest BCUT2D eigenvalue weighted by atomic mass is 16.5. The first-order valence-electron chi connectivity index (χ1n) is 8.50. The molecule has 1 saturated heterocycles. The summed E-state index contributed by atoms with van der Waals surface area (Å²) in [6, 6.07) is 12.9. The Labute approximate surface area is 161 Å². The minimum absolute atomic E-state index is 0.234. The summed E-state index contributed by atoms with van der Waals surface area (Å²) < 4.78 is 10.3. The van der Waals surface area contributed by atoms with Gasteiger partial charge in [-0.25, -0.2) is 9.69 Å². The van der Waals surface area contributed by atoms with Crippen LogP contribution in [-0.4, -0.2) is 38.3 Å². The Morgan fingerprint density at radius 1 is 1.04 bits per heavy atom. The number of ether oxygens (including phenoxy) is 2. The van der Waals surface area contributed by atoms with Crippen LogP contribution in [0.2, 0.25) is 0 Å². The number of amides is 4. The normalized spacial score (nSPS) is 17.0. The van der Waals surface area contributed by atoms with Gasteiger partial charge in [0.25, 0.3) is 5.91 Å². The van der Waals surface area contributed by atoms with Gasteiger partial charge in [0.1, 0.15) is 11.5 Å². The quantitative estimate of drug-likeness (QED) is 0.611. The van der Waals surface area contributed by atoms with Crippen LogP contribution in [0.4, 0.5) is 10.5 Å².